The number of H-pyrrole nitrogens is 2. The summed E-state index contributed by atoms with van der Waals surface area (Å²) in [5, 5.41) is 0.483. The number of carbonyl (C=O) groups excluding carboxylic acids is 1. The summed E-state index contributed by atoms with van der Waals surface area (Å²) in [6, 6.07) is 8.36. The molecule has 2 aromatic heterocycles. The molecule has 158 valence electrons. The normalized spacial score (nSPS) is 15.0. The van der Waals surface area contributed by atoms with E-state index >= 15 is 0 Å². The molecule has 0 unspecified atom stereocenters. The van der Waals surface area contributed by atoms with Gasteiger partial charge in [-0.25, -0.2) is 13.4 Å². The van der Waals surface area contributed by atoms with Crippen molar-refractivity contribution in [2.45, 2.75) is 31.2 Å². The number of sulfonamides is 1. The Hall–Kier alpha value is -2.98. The summed E-state index contributed by atoms with van der Waals surface area (Å²) in [5.74, 6) is 0.00143. The molecule has 0 atom stereocenters. The van der Waals surface area contributed by atoms with Gasteiger partial charge in [-0.3, -0.25) is 9.59 Å². The van der Waals surface area contributed by atoms with Crippen molar-refractivity contribution in [3.8, 4) is 0 Å². The van der Waals surface area contributed by atoms with E-state index in [1.165, 1.54) is 21.5 Å². The van der Waals surface area contributed by atoms with Crippen LogP contribution >= 0.6 is 0 Å². The van der Waals surface area contributed by atoms with E-state index in [2.05, 4.69) is 15.0 Å². The Labute approximate surface area is 173 Å². The Morgan fingerprint density at radius 1 is 1.23 bits per heavy atom. The molecule has 1 amide bonds. The van der Waals surface area contributed by atoms with Crippen molar-refractivity contribution in [2.75, 3.05) is 19.6 Å². The first-order valence-corrected chi connectivity index (χ1v) is 11.3. The highest BCUT2D eigenvalue weighted by Crippen LogP contribution is 2.22. The summed E-state index contributed by atoms with van der Waals surface area (Å²) in [6.45, 7) is 3.27. The second-order valence-electron chi connectivity index (χ2n) is 7.21. The second-order valence-corrected chi connectivity index (χ2v) is 9.15. The number of hydrogen-bond donors (Lipinski definition) is 2. The summed E-state index contributed by atoms with van der Waals surface area (Å²) >= 11 is 0. The highest BCUT2D eigenvalue weighted by atomic mass is 32.2. The molecule has 0 saturated carbocycles. The van der Waals surface area contributed by atoms with Gasteiger partial charge in [0.05, 0.1) is 17.4 Å². The van der Waals surface area contributed by atoms with E-state index in [0.717, 1.165) is 12.8 Å². The van der Waals surface area contributed by atoms with Gasteiger partial charge in [-0.2, -0.15) is 4.31 Å². The van der Waals surface area contributed by atoms with Crippen molar-refractivity contribution in [1.82, 2.24) is 24.2 Å². The first-order valence-electron chi connectivity index (χ1n) is 9.86. The Kier molecular flexibility index (Phi) is 5.44. The third-order valence-corrected chi connectivity index (χ3v) is 7.14. The number of rotatable bonds is 6. The maximum Gasteiger partial charge on any atom is 0.270 e. The van der Waals surface area contributed by atoms with E-state index in [9.17, 15) is 18.0 Å². The van der Waals surface area contributed by atoms with Gasteiger partial charge in [-0.15, -0.1) is 0 Å². The largest absolute Gasteiger partial charge is 0.356 e. The van der Waals surface area contributed by atoms with Crippen LogP contribution in [0.3, 0.4) is 0 Å². The van der Waals surface area contributed by atoms with E-state index in [1.807, 2.05) is 6.92 Å². The average Bonchev–Trinajstić information content (AvgIpc) is 3.44. The third-order valence-electron chi connectivity index (χ3n) is 5.26. The molecular weight excluding hydrogens is 406 g/mol. The van der Waals surface area contributed by atoms with Crippen LogP contribution in [0.1, 0.15) is 36.1 Å². The average molecular weight is 430 g/mol. The lowest BCUT2D eigenvalue weighted by atomic mass is 10.2. The minimum absolute atomic E-state index is 0.0843. The monoisotopic (exact) mass is 429 g/mol. The fourth-order valence-corrected chi connectivity index (χ4v) is 5.12. The van der Waals surface area contributed by atoms with Gasteiger partial charge in [-0.1, -0.05) is 12.1 Å². The Balaban J connectivity index is 1.56. The second kappa shape index (κ2) is 8.04. The first-order chi connectivity index (χ1) is 14.4. The molecule has 4 rings (SSSR count). The number of hydrogen-bond acceptors (Lipinski definition) is 5. The molecule has 1 fully saturated rings. The van der Waals surface area contributed by atoms with Gasteiger partial charge in [0.1, 0.15) is 16.4 Å². The minimum Gasteiger partial charge on any atom is -0.356 e. The number of carbonyl (C=O) groups is 1. The molecule has 1 aliphatic heterocycles. The lowest BCUT2D eigenvalue weighted by Gasteiger charge is -2.19. The molecule has 9 nitrogen and oxygen atoms in total. The van der Waals surface area contributed by atoms with E-state index in [4.69, 9.17) is 0 Å². The summed E-state index contributed by atoms with van der Waals surface area (Å²) in [7, 11) is -3.60. The molecule has 1 aromatic carbocycles. The van der Waals surface area contributed by atoms with E-state index in [-0.39, 0.29) is 28.6 Å². The van der Waals surface area contributed by atoms with E-state index in [0.29, 0.717) is 36.4 Å². The van der Waals surface area contributed by atoms with Gasteiger partial charge in [0, 0.05) is 25.8 Å². The molecule has 1 saturated heterocycles. The zero-order valence-electron chi connectivity index (χ0n) is 16.6. The molecule has 0 radical (unpaired) electrons. The Bertz CT molecular complexity index is 1240. The maximum absolute atomic E-state index is 13.0. The number of aromatic amines is 2. The molecular formula is C20H23N5O4S. The molecule has 0 bridgehead atoms. The number of aromatic nitrogens is 3. The van der Waals surface area contributed by atoms with E-state index in [1.54, 1.807) is 24.3 Å². The Morgan fingerprint density at radius 3 is 2.70 bits per heavy atom. The molecule has 10 heteroatoms. The fraction of sp³-hybridized carbons (Fsp3) is 0.350. The number of fused-ring (bicyclic) bond motifs is 1. The Morgan fingerprint density at radius 2 is 1.97 bits per heavy atom. The standard InChI is InChI=1S/C20H23N5O4S/c1-2-24(13-18-22-16-8-4-3-7-15(16)19(26)23-18)20(27)17-11-14(12-21-17)30(28,29)25-9-5-6-10-25/h3-4,7-8,11-12,21H,2,5-6,9-10,13H2,1H3,(H,22,23,26). The first kappa shape index (κ1) is 20.3. The lowest BCUT2D eigenvalue weighted by molar-refractivity contribution is 0.0743. The zero-order valence-corrected chi connectivity index (χ0v) is 17.4. The van der Waals surface area contributed by atoms with Crippen molar-refractivity contribution >= 4 is 26.8 Å². The van der Waals surface area contributed by atoms with Gasteiger partial charge in [0.15, 0.2) is 0 Å². The molecule has 0 aliphatic carbocycles. The van der Waals surface area contributed by atoms with Crippen LogP contribution in [0.25, 0.3) is 10.9 Å². The molecule has 30 heavy (non-hydrogen) atoms. The van der Waals surface area contributed by atoms with E-state index < -0.39 is 10.0 Å². The highest BCUT2D eigenvalue weighted by molar-refractivity contribution is 7.89. The summed E-state index contributed by atoms with van der Waals surface area (Å²) in [5.41, 5.74) is 0.467. The number of amides is 1. The highest BCUT2D eigenvalue weighted by Gasteiger charge is 2.29. The molecule has 2 N–H and O–H groups in total. The van der Waals surface area contributed by atoms with Crippen molar-refractivity contribution in [3.05, 3.63) is 58.4 Å². The van der Waals surface area contributed by atoms with Gasteiger partial charge in [0.25, 0.3) is 11.5 Å². The van der Waals surface area contributed by atoms with Crippen LogP contribution in [0.2, 0.25) is 0 Å². The number of benzene rings is 1. The van der Waals surface area contributed by atoms with Crippen molar-refractivity contribution in [1.29, 1.82) is 0 Å². The third kappa shape index (κ3) is 3.75. The molecule has 0 spiro atoms. The SMILES string of the molecule is CCN(Cc1nc2ccccc2c(=O)[nH]1)C(=O)c1cc(S(=O)(=O)N2CCCC2)c[nH]1. The smallest absolute Gasteiger partial charge is 0.270 e. The van der Waals surface area contributed by atoms with Crippen molar-refractivity contribution in [3.63, 3.8) is 0 Å². The number of nitrogens with one attached hydrogen (secondary N) is 2. The lowest BCUT2D eigenvalue weighted by Crippen LogP contribution is -2.32. The zero-order chi connectivity index (χ0) is 21.3. The van der Waals surface area contributed by atoms with Crippen LogP contribution in [-0.2, 0) is 16.6 Å². The summed E-state index contributed by atoms with van der Waals surface area (Å²) < 4.78 is 26.8. The van der Waals surface area contributed by atoms with Crippen LogP contribution < -0.4 is 5.56 Å². The van der Waals surface area contributed by atoms with Crippen LogP contribution in [0.4, 0.5) is 0 Å². The summed E-state index contributed by atoms with van der Waals surface area (Å²) in [6.07, 6.45) is 3.04. The van der Waals surface area contributed by atoms with Gasteiger partial charge in [-0.05, 0) is 38.0 Å². The fourth-order valence-electron chi connectivity index (χ4n) is 3.61. The maximum atomic E-state index is 13.0. The quantitative estimate of drug-likeness (QED) is 0.618. The summed E-state index contributed by atoms with van der Waals surface area (Å²) in [4.78, 5) is 36.7. The predicted octanol–water partition coefficient (Wildman–Crippen LogP) is 1.70. The minimum atomic E-state index is -3.60. The van der Waals surface area contributed by atoms with Crippen molar-refractivity contribution < 1.29 is 13.2 Å². The van der Waals surface area contributed by atoms with Crippen molar-refractivity contribution in [2.24, 2.45) is 0 Å². The van der Waals surface area contributed by atoms with Crippen LogP contribution in [0.15, 0.2) is 46.2 Å². The molecule has 1 aliphatic rings. The van der Waals surface area contributed by atoms with Gasteiger partial charge < -0.3 is 14.9 Å². The van der Waals surface area contributed by atoms with Crippen LogP contribution in [0, 0.1) is 0 Å². The number of nitrogens with zero attached hydrogens (tertiary/aromatic N) is 3. The topological polar surface area (TPSA) is 119 Å². The van der Waals surface area contributed by atoms with Crippen LogP contribution in [-0.4, -0.2) is 58.1 Å². The van der Waals surface area contributed by atoms with Crippen LogP contribution in [0.5, 0.6) is 0 Å². The van der Waals surface area contributed by atoms with Gasteiger partial charge in [0.2, 0.25) is 10.0 Å². The molecule has 3 heterocycles. The number of para-hydroxylation sites is 1. The molecule has 3 aromatic rings. The van der Waals surface area contributed by atoms with Gasteiger partial charge >= 0.3 is 0 Å². The predicted molar refractivity (Wildman–Crippen MR) is 112 cm³/mol.